The van der Waals surface area contributed by atoms with Crippen molar-refractivity contribution in [1.82, 2.24) is 0 Å². The van der Waals surface area contributed by atoms with Crippen LogP contribution in [0.4, 0.5) is 18.9 Å². The highest BCUT2D eigenvalue weighted by Gasteiger charge is 2.41. The summed E-state index contributed by atoms with van der Waals surface area (Å²) in [4.78, 5) is 1.95. The van der Waals surface area contributed by atoms with E-state index in [0.717, 1.165) is 31.7 Å². The lowest BCUT2D eigenvalue weighted by atomic mass is 9.85. The summed E-state index contributed by atoms with van der Waals surface area (Å²) in [6, 6.07) is 4.47. The molecular formula is C16H20F3NO. The van der Waals surface area contributed by atoms with Crippen LogP contribution in [0.25, 0.3) is 0 Å². The average Bonchev–Trinajstić information content (AvgIpc) is 2.89. The number of alkyl halides is 3. The third-order valence-electron chi connectivity index (χ3n) is 4.87. The second kappa shape index (κ2) is 5.52. The van der Waals surface area contributed by atoms with Crippen molar-refractivity contribution in [3.63, 3.8) is 0 Å². The molecule has 1 aromatic carbocycles. The van der Waals surface area contributed by atoms with Gasteiger partial charge in [0.2, 0.25) is 0 Å². The van der Waals surface area contributed by atoms with Crippen LogP contribution in [0.3, 0.4) is 0 Å². The average molecular weight is 299 g/mol. The lowest BCUT2D eigenvalue weighted by Gasteiger charge is -2.34. The number of aliphatic hydroxyl groups is 1. The first kappa shape index (κ1) is 14.7. The number of hydrogen-bond donors (Lipinski definition) is 1. The summed E-state index contributed by atoms with van der Waals surface area (Å²) < 4.78 is 40.0. The number of rotatable bonds is 2. The van der Waals surface area contributed by atoms with Gasteiger partial charge in [-0.25, -0.2) is 0 Å². The first-order valence-corrected chi connectivity index (χ1v) is 7.58. The predicted molar refractivity (Wildman–Crippen MR) is 75.1 cm³/mol. The fraction of sp³-hybridized carbons (Fsp3) is 0.625. The maximum absolute atomic E-state index is 13.3. The van der Waals surface area contributed by atoms with E-state index in [-0.39, 0.29) is 18.3 Å². The Kier molecular flexibility index (Phi) is 3.86. The Morgan fingerprint density at radius 1 is 1.14 bits per heavy atom. The van der Waals surface area contributed by atoms with Gasteiger partial charge in [0, 0.05) is 18.3 Å². The number of aliphatic hydroxyl groups excluding tert-OH is 1. The van der Waals surface area contributed by atoms with Crippen LogP contribution < -0.4 is 4.90 Å². The Morgan fingerprint density at radius 2 is 1.90 bits per heavy atom. The third-order valence-corrected chi connectivity index (χ3v) is 4.87. The van der Waals surface area contributed by atoms with Crippen LogP contribution in [0, 0.1) is 5.92 Å². The van der Waals surface area contributed by atoms with Gasteiger partial charge in [0.15, 0.2) is 0 Å². The first-order valence-electron chi connectivity index (χ1n) is 7.58. The summed E-state index contributed by atoms with van der Waals surface area (Å²) in [7, 11) is 0. The Balaban J connectivity index is 1.98. The van der Waals surface area contributed by atoms with E-state index in [0.29, 0.717) is 18.0 Å². The van der Waals surface area contributed by atoms with Gasteiger partial charge in [0.25, 0.3) is 0 Å². The number of hydrogen-bond acceptors (Lipinski definition) is 2. The SMILES string of the molecule is OCc1ccc(N2CCC3CCCCC32)c(C(F)(F)F)c1. The molecule has 0 radical (unpaired) electrons. The number of anilines is 1. The van der Waals surface area contributed by atoms with Crippen molar-refractivity contribution in [2.75, 3.05) is 11.4 Å². The van der Waals surface area contributed by atoms with Gasteiger partial charge in [-0.15, -0.1) is 0 Å². The molecular weight excluding hydrogens is 279 g/mol. The molecule has 5 heteroatoms. The molecule has 1 heterocycles. The van der Waals surface area contributed by atoms with Crippen LogP contribution in [-0.2, 0) is 12.8 Å². The van der Waals surface area contributed by atoms with E-state index in [1.807, 2.05) is 4.90 Å². The molecule has 2 nitrogen and oxygen atoms in total. The van der Waals surface area contributed by atoms with Crippen molar-refractivity contribution in [2.24, 2.45) is 5.92 Å². The predicted octanol–water partition coefficient (Wildman–Crippen LogP) is 3.97. The number of fused-ring (bicyclic) bond motifs is 1. The largest absolute Gasteiger partial charge is 0.418 e. The van der Waals surface area contributed by atoms with Gasteiger partial charge in [-0.3, -0.25) is 0 Å². The van der Waals surface area contributed by atoms with Crippen LogP contribution in [0.2, 0.25) is 0 Å². The zero-order valence-corrected chi connectivity index (χ0v) is 11.9. The lowest BCUT2D eigenvalue weighted by molar-refractivity contribution is -0.137. The standard InChI is InChI=1S/C16H20F3NO/c17-16(18,19)13-9-11(10-21)5-6-15(13)20-8-7-12-3-1-2-4-14(12)20/h5-6,9,12,14,21H,1-4,7-8,10H2. The summed E-state index contributed by atoms with van der Waals surface area (Å²) in [6.07, 6.45) is 1.04. The summed E-state index contributed by atoms with van der Waals surface area (Å²) in [5, 5.41) is 9.09. The topological polar surface area (TPSA) is 23.5 Å². The fourth-order valence-electron chi connectivity index (χ4n) is 3.86. The van der Waals surface area contributed by atoms with Gasteiger partial charge in [-0.05, 0) is 42.9 Å². The Labute approximate surface area is 122 Å². The maximum Gasteiger partial charge on any atom is 0.418 e. The molecule has 1 N–H and O–H groups in total. The van der Waals surface area contributed by atoms with Crippen molar-refractivity contribution in [1.29, 1.82) is 0 Å². The van der Waals surface area contributed by atoms with Crippen molar-refractivity contribution >= 4 is 5.69 Å². The van der Waals surface area contributed by atoms with E-state index in [4.69, 9.17) is 5.11 Å². The van der Waals surface area contributed by atoms with E-state index in [1.54, 1.807) is 6.07 Å². The molecule has 0 aromatic heterocycles. The van der Waals surface area contributed by atoms with Crippen molar-refractivity contribution < 1.29 is 18.3 Å². The molecule has 0 bridgehead atoms. The van der Waals surface area contributed by atoms with Crippen LogP contribution in [0.15, 0.2) is 18.2 Å². The van der Waals surface area contributed by atoms with E-state index in [1.165, 1.54) is 12.5 Å². The molecule has 2 aliphatic rings. The Morgan fingerprint density at radius 3 is 2.62 bits per heavy atom. The normalized spacial score (nSPS) is 26.0. The zero-order valence-electron chi connectivity index (χ0n) is 11.9. The first-order chi connectivity index (χ1) is 10.0. The maximum atomic E-state index is 13.3. The molecule has 116 valence electrons. The molecule has 1 saturated heterocycles. The molecule has 3 rings (SSSR count). The summed E-state index contributed by atoms with van der Waals surface area (Å²) >= 11 is 0. The molecule has 1 aromatic rings. The van der Waals surface area contributed by atoms with Crippen LogP contribution in [-0.4, -0.2) is 17.7 Å². The van der Waals surface area contributed by atoms with Crippen LogP contribution in [0.1, 0.15) is 43.2 Å². The van der Waals surface area contributed by atoms with Crippen molar-refractivity contribution in [3.05, 3.63) is 29.3 Å². The van der Waals surface area contributed by atoms with E-state index in [2.05, 4.69) is 0 Å². The molecule has 1 saturated carbocycles. The summed E-state index contributed by atoms with van der Waals surface area (Å²) in [5.74, 6) is 0.539. The minimum absolute atomic E-state index is 0.250. The van der Waals surface area contributed by atoms with Gasteiger partial charge in [-0.1, -0.05) is 18.9 Å². The zero-order chi connectivity index (χ0) is 15.0. The van der Waals surface area contributed by atoms with Gasteiger partial charge < -0.3 is 10.0 Å². The van der Waals surface area contributed by atoms with Crippen LogP contribution >= 0.6 is 0 Å². The number of benzene rings is 1. The van der Waals surface area contributed by atoms with Crippen molar-refractivity contribution in [2.45, 2.75) is 50.9 Å². The van der Waals surface area contributed by atoms with E-state index in [9.17, 15) is 13.2 Å². The van der Waals surface area contributed by atoms with E-state index < -0.39 is 11.7 Å². The Hall–Kier alpha value is -1.23. The van der Waals surface area contributed by atoms with Gasteiger partial charge >= 0.3 is 6.18 Å². The molecule has 21 heavy (non-hydrogen) atoms. The third kappa shape index (κ3) is 2.76. The second-order valence-corrected chi connectivity index (χ2v) is 6.10. The number of nitrogens with zero attached hydrogens (tertiary/aromatic N) is 1. The number of halogens is 3. The monoisotopic (exact) mass is 299 g/mol. The molecule has 2 atom stereocenters. The van der Waals surface area contributed by atoms with Crippen molar-refractivity contribution in [3.8, 4) is 0 Å². The minimum Gasteiger partial charge on any atom is -0.392 e. The smallest absolute Gasteiger partial charge is 0.392 e. The Bertz CT molecular complexity index is 515. The summed E-state index contributed by atoms with van der Waals surface area (Å²) in [6.45, 7) is 0.340. The molecule has 0 spiro atoms. The van der Waals surface area contributed by atoms with Gasteiger partial charge in [0.05, 0.1) is 12.2 Å². The molecule has 1 aliphatic carbocycles. The summed E-state index contributed by atoms with van der Waals surface area (Å²) in [5.41, 5.74) is -0.0140. The van der Waals surface area contributed by atoms with Gasteiger partial charge in [-0.2, -0.15) is 13.2 Å². The molecule has 0 amide bonds. The minimum atomic E-state index is -4.38. The quantitative estimate of drug-likeness (QED) is 0.893. The molecule has 2 unspecified atom stereocenters. The fourth-order valence-corrected chi connectivity index (χ4v) is 3.86. The molecule has 2 fully saturated rings. The highest BCUT2D eigenvalue weighted by atomic mass is 19.4. The molecule has 1 aliphatic heterocycles. The van der Waals surface area contributed by atoms with Gasteiger partial charge in [0.1, 0.15) is 0 Å². The van der Waals surface area contributed by atoms with E-state index >= 15 is 0 Å². The second-order valence-electron chi connectivity index (χ2n) is 6.10. The lowest BCUT2D eigenvalue weighted by Crippen LogP contribution is -2.36. The van der Waals surface area contributed by atoms with Crippen LogP contribution in [0.5, 0.6) is 0 Å². The highest BCUT2D eigenvalue weighted by Crippen LogP contribution is 2.44. The highest BCUT2D eigenvalue weighted by molar-refractivity contribution is 5.58.